The SMILES string of the molecule is CC(=O)O[C@@H]1[C@@H](OC(C)=O)[C@@H](O)O[C@H](CO)[C@H]1OC(C)=O.NC(=O)C(Cl)(Cl)Cl. The number of alkyl halides is 3. The van der Waals surface area contributed by atoms with Crippen LogP contribution in [0.25, 0.3) is 0 Å². The van der Waals surface area contributed by atoms with Gasteiger partial charge in [-0.2, -0.15) is 0 Å². The fourth-order valence-electron chi connectivity index (χ4n) is 2.02. The van der Waals surface area contributed by atoms with Crippen molar-refractivity contribution >= 4 is 58.6 Å². The molecule has 0 aromatic heterocycles. The number of rotatable bonds is 4. The lowest BCUT2D eigenvalue weighted by Gasteiger charge is -2.42. The zero-order valence-corrected chi connectivity index (χ0v) is 17.2. The number of carbonyl (C=O) groups is 4. The Morgan fingerprint density at radius 2 is 1.29 bits per heavy atom. The number of carbonyl (C=O) groups excluding carboxylic acids is 4. The van der Waals surface area contributed by atoms with Crippen molar-refractivity contribution in [3.63, 3.8) is 0 Å². The van der Waals surface area contributed by atoms with Crippen molar-refractivity contribution in [2.45, 2.75) is 55.3 Å². The third-order valence-electron chi connectivity index (χ3n) is 2.97. The molecular weight excluding hydrogens is 449 g/mol. The maximum Gasteiger partial charge on any atom is 0.303 e. The van der Waals surface area contributed by atoms with Gasteiger partial charge in [-0.1, -0.05) is 34.8 Å². The smallest absolute Gasteiger partial charge is 0.303 e. The average molecular weight is 469 g/mol. The number of ether oxygens (including phenoxy) is 4. The highest BCUT2D eigenvalue weighted by molar-refractivity contribution is 6.76. The minimum Gasteiger partial charge on any atom is -0.456 e. The second-order valence-electron chi connectivity index (χ2n) is 5.33. The molecule has 14 heteroatoms. The molecule has 28 heavy (non-hydrogen) atoms. The van der Waals surface area contributed by atoms with Gasteiger partial charge < -0.3 is 34.9 Å². The molecule has 1 aliphatic rings. The highest BCUT2D eigenvalue weighted by atomic mass is 35.6. The summed E-state index contributed by atoms with van der Waals surface area (Å²) in [5.74, 6) is -3.15. The lowest BCUT2D eigenvalue weighted by Crippen LogP contribution is -2.62. The summed E-state index contributed by atoms with van der Waals surface area (Å²) >= 11 is 14.8. The van der Waals surface area contributed by atoms with E-state index in [-0.39, 0.29) is 0 Å². The number of amides is 1. The summed E-state index contributed by atoms with van der Waals surface area (Å²) in [4.78, 5) is 43.3. The summed E-state index contributed by atoms with van der Waals surface area (Å²) in [6.45, 7) is 2.71. The van der Waals surface area contributed by atoms with Gasteiger partial charge >= 0.3 is 17.9 Å². The minimum atomic E-state index is -1.94. The van der Waals surface area contributed by atoms with E-state index < -0.39 is 64.9 Å². The van der Waals surface area contributed by atoms with Gasteiger partial charge in [0.1, 0.15) is 6.10 Å². The number of aliphatic hydroxyl groups excluding tert-OH is 2. The number of esters is 3. The van der Waals surface area contributed by atoms with Crippen LogP contribution in [0.1, 0.15) is 20.8 Å². The zero-order chi connectivity index (χ0) is 22.2. The Morgan fingerprint density at radius 3 is 1.61 bits per heavy atom. The van der Waals surface area contributed by atoms with E-state index in [9.17, 15) is 29.4 Å². The summed E-state index contributed by atoms with van der Waals surface area (Å²) in [5, 5.41) is 19.0. The monoisotopic (exact) mass is 467 g/mol. The standard InChI is InChI=1S/C12H18O9.C2H2Cl3NO/c1-5(14)18-9-8(4-13)21-12(17)11(20-7(3)16)10(9)19-6(2)15;3-2(4,5)1(6)7/h8-13,17H,4H2,1-3H3;(H2,6,7)/t8-,9-,10+,11-,12+;/m1./s1. The predicted octanol–water partition coefficient (Wildman–Crippen LogP) is -0.667. The molecule has 162 valence electrons. The Bertz CT molecular complexity index is 582. The van der Waals surface area contributed by atoms with Gasteiger partial charge in [0.15, 0.2) is 24.6 Å². The average Bonchev–Trinajstić information content (AvgIpc) is 2.51. The predicted molar refractivity (Wildman–Crippen MR) is 94.1 cm³/mol. The molecule has 5 atom stereocenters. The Kier molecular flexibility index (Phi) is 11.0. The molecule has 0 aromatic carbocycles. The van der Waals surface area contributed by atoms with Gasteiger partial charge in [0.25, 0.3) is 9.70 Å². The van der Waals surface area contributed by atoms with Crippen LogP contribution in [-0.4, -0.2) is 75.1 Å². The van der Waals surface area contributed by atoms with E-state index in [4.69, 9.17) is 53.8 Å². The van der Waals surface area contributed by atoms with E-state index in [0.29, 0.717) is 0 Å². The van der Waals surface area contributed by atoms with Crippen LogP contribution in [0.2, 0.25) is 0 Å². The number of hydrogen-bond donors (Lipinski definition) is 3. The molecule has 1 saturated heterocycles. The highest BCUT2D eigenvalue weighted by Crippen LogP contribution is 2.27. The van der Waals surface area contributed by atoms with Crippen LogP contribution in [0.5, 0.6) is 0 Å². The topological polar surface area (TPSA) is 172 Å². The lowest BCUT2D eigenvalue weighted by atomic mass is 9.98. The molecule has 0 aliphatic carbocycles. The third-order valence-corrected chi connectivity index (χ3v) is 3.53. The Hall–Kier alpha value is -1.37. The molecule has 11 nitrogen and oxygen atoms in total. The van der Waals surface area contributed by atoms with E-state index >= 15 is 0 Å². The van der Waals surface area contributed by atoms with Crippen molar-refractivity contribution in [1.82, 2.24) is 0 Å². The molecule has 1 heterocycles. The van der Waals surface area contributed by atoms with Crippen molar-refractivity contribution in [2.24, 2.45) is 5.73 Å². The van der Waals surface area contributed by atoms with E-state index in [0.717, 1.165) is 20.8 Å². The molecule has 4 N–H and O–H groups in total. The maximum absolute atomic E-state index is 11.2. The van der Waals surface area contributed by atoms with Crippen LogP contribution in [-0.2, 0) is 38.1 Å². The molecule has 1 rings (SSSR count). The van der Waals surface area contributed by atoms with Gasteiger partial charge in [-0.15, -0.1) is 0 Å². The van der Waals surface area contributed by atoms with Crippen molar-refractivity contribution in [3.05, 3.63) is 0 Å². The number of halogens is 3. The first-order valence-electron chi connectivity index (χ1n) is 7.53. The first kappa shape index (κ1) is 26.6. The largest absolute Gasteiger partial charge is 0.456 e. The van der Waals surface area contributed by atoms with Gasteiger partial charge in [0.05, 0.1) is 6.61 Å². The molecule has 0 aromatic rings. The van der Waals surface area contributed by atoms with Gasteiger partial charge in [0.2, 0.25) is 0 Å². The Balaban J connectivity index is 0.000000887. The van der Waals surface area contributed by atoms with Gasteiger partial charge in [-0.3, -0.25) is 19.2 Å². The maximum atomic E-state index is 11.2. The van der Waals surface area contributed by atoms with Crippen molar-refractivity contribution < 1.29 is 48.3 Å². The van der Waals surface area contributed by atoms with E-state index in [1.54, 1.807) is 0 Å². The molecule has 0 unspecified atom stereocenters. The third kappa shape index (κ3) is 9.22. The summed E-state index contributed by atoms with van der Waals surface area (Å²) in [6, 6.07) is 0. The molecule has 0 spiro atoms. The van der Waals surface area contributed by atoms with E-state index in [1.807, 2.05) is 0 Å². The fourth-order valence-corrected chi connectivity index (χ4v) is 2.02. The molecule has 0 radical (unpaired) electrons. The van der Waals surface area contributed by atoms with Crippen LogP contribution in [0.3, 0.4) is 0 Å². The Labute approximate surface area is 174 Å². The first-order valence-corrected chi connectivity index (χ1v) is 8.66. The van der Waals surface area contributed by atoms with Gasteiger partial charge in [0, 0.05) is 20.8 Å². The molecular formula is C14H20Cl3NO10. The fraction of sp³-hybridized carbons (Fsp3) is 0.714. The number of nitrogens with two attached hydrogens (primary N) is 1. The van der Waals surface area contributed by atoms with Crippen molar-refractivity contribution in [2.75, 3.05) is 6.61 Å². The van der Waals surface area contributed by atoms with Crippen LogP contribution in [0, 0.1) is 0 Å². The number of primary amides is 1. The zero-order valence-electron chi connectivity index (χ0n) is 15.0. The molecule has 0 bridgehead atoms. The Morgan fingerprint density at radius 1 is 0.929 bits per heavy atom. The van der Waals surface area contributed by atoms with E-state index in [2.05, 4.69) is 5.73 Å². The normalized spacial score (nSPS) is 26.9. The highest BCUT2D eigenvalue weighted by Gasteiger charge is 2.51. The summed E-state index contributed by atoms with van der Waals surface area (Å²) < 4.78 is 17.9. The number of hydrogen-bond acceptors (Lipinski definition) is 10. The van der Waals surface area contributed by atoms with Gasteiger partial charge in [-0.25, -0.2) is 0 Å². The number of aliphatic hydroxyl groups is 2. The second-order valence-corrected chi connectivity index (χ2v) is 7.61. The molecule has 1 amide bonds. The molecule has 1 aliphatic heterocycles. The second kappa shape index (κ2) is 11.6. The quantitative estimate of drug-likeness (QED) is 0.273. The van der Waals surface area contributed by atoms with Crippen LogP contribution in [0.4, 0.5) is 0 Å². The van der Waals surface area contributed by atoms with Crippen LogP contribution >= 0.6 is 34.8 Å². The van der Waals surface area contributed by atoms with Crippen LogP contribution < -0.4 is 5.73 Å². The van der Waals surface area contributed by atoms with Gasteiger partial charge in [-0.05, 0) is 0 Å². The van der Waals surface area contributed by atoms with E-state index in [1.165, 1.54) is 0 Å². The first-order chi connectivity index (χ1) is 12.7. The van der Waals surface area contributed by atoms with Crippen LogP contribution in [0.15, 0.2) is 0 Å². The summed E-state index contributed by atoms with van der Waals surface area (Å²) in [5.41, 5.74) is 4.53. The van der Waals surface area contributed by atoms with Crippen molar-refractivity contribution in [3.8, 4) is 0 Å². The molecule has 0 saturated carbocycles. The summed E-state index contributed by atoms with van der Waals surface area (Å²) in [7, 11) is 0. The summed E-state index contributed by atoms with van der Waals surface area (Å²) in [6.07, 6.45) is -6.65. The minimum absolute atomic E-state index is 0.598. The molecule has 1 fully saturated rings. The lowest BCUT2D eigenvalue weighted by molar-refractivity contribution is -0.295. The van der Waals surface area contributed by atoms with Crippen molar-refractivity contribution in [1.29, 1.82) is 0 Å².